The maximum absolute atomic E-state index is 11.2. The van der Waals surface area contributed by atoms with Crippen molar-refractivity contribution in [1.29, 1.82) is 0 Å². The van der Waals surface area contributed by atoms with Gasteiger partial charge in [-0.15, -0.1) is 0 Å². The van der Waals surface area contributed by atoms with E-state index >= 15 is 0 Å². The minimum Gasteiger partial charge on any atom is -0.548 e. The van der Waals surface area contributed by atoms with E-state index in [1.807, 2.05) is 12.1 Å². The van der Waals surface area contributed by atoms with E-state index in [0.717, 1.165) is 0 Å². The molecule has 0 bridgehead atoms. The third kappa shape index (κ3) is 6.51. The maximum atomic E-state index is 11.2. The number of rotatable bonds is 4. The number of nitrogens with one attached hydrogen (secondary N) is 2. The molecule has 92 valence electrons. The van der Waals surface area contributed by atoms with Crippen LogP contribution in [0, 0.1) is 0 Å². The molecular formula is C12H15KN2O3. The van der Waals surface area contributed by atoms with Gasteiger partial charge < -0.3 is 20.5 Å². The normalized spacial score (nSPS) is 9.50. The molecule has 0 aliphatic carbocycles. The molecule has 5 nitrogen and oxygen atoms in total. The summed E-state index contributed by atoms with van der Waals surface area (Å²) >= 11 is 0. The third-order valence-corrected chi connectivity index (χ3v) is 2.23. The summed E-state index contributed by atoms with van der Waals surface area (Å²) in [5, 5.41) is 14.8. The number of hydrogen-bond donors (Lipinski definition) is 2. The Labute approximate surface area is 149 Å². The summed E-state index contributed by atoms with van der Waals surface area (Å²) in [7, 11) is 0. The van der Waals surface area contributed by atoms with Crippen molar-refractivity contribution in [3.8, 4) is 0 Å². The van der Waals surface area contributed by atoms with Crippen LogP contribution in [0.5, 0.6) is 0 Å². The number of carboxylic acid groups (broad SMARTS) is 1. The minimum atomic E-state index is -1.32. The molecule has 0 saturated carbocycles. The van der Waals surface area contributed by atoms with Crippen molar-refractivity contribution in [2.24, 2.45) is 0 Å². The monoisotopic (exact) mass is 274 g/mol. The number of carbonyl (C=O) groups is 2. The molecule has 1 rings (SSSR count). The Morgan fingerprint density at radius 3 is 2.22 bits per heavy atom. The van der Waals surface area contributed by atoms with Crippen molar-refractivity contribution in [3.05, 3.63) is 29.8 Å². The Balaban J connectivity index is 0.00000289. The van der Waals surface area contributed by atoms with E-state index in [9.17, 15) is 14.7 Å². The van der Waals surface area contributed by atoms with Gasteiger partial charge in [0.25, 0.3) is 0 Å². The Hall–Kier alpha value is -0.404. The molecule has 0 fully saturated rings. The van der Waals surface area contributed by atoms with Crippen LogP contribution in [0.15, 0.2) is 24.3 Å². The maximum Gasteiger partial charge on any atom is 1.00 e. The SMILES string of the molecule is CC(C)c1ccc(NC(=O)NCC(=O)[O-])cc1.[K+]. The Kier molecular flexibility index (Phi) is 8.46. The molecule has 0 spiro atoms. The van der Waals surface area contributed by atoms with Crippen LogP contribution in [0.25, 0.3) is 0 Å². The third-order valence-electron chi connectivity index (χ3n) is 2.23. The molecule has 0 radical (unpaired) electrons. The summed E-state index contributed by atoms with van der Waals surface area (Å²) in [6.07, 6.45) is 0. The van der Waals surface area contributed by atoms with E-state index in [0.29, 0.717) is 11.6 Å². The van der Waals surface area contributed by atoms with Gasteiger partial charge in [0.15, 0.2) is 0 Å². The zero-order chi connectivity index (χ0) is 12.8. The smallest absolute Gasteiger partial charge is 0.548 e. The molecule has 6 heteroatoms. The largest absolute Gasteiger partial charge is 1.00 e. The first-order chi connectivity index (χ1) is 7.99. The molecule has 0 aromatic heterocycles. The van der Waals surface area contributed by atoms with E-state index in [1.165, 1.54) is 5.56 Å². The molecule has 0 aliphatic rings. The summed E-state index contributed by atoms with van der Waals surface area (Å²) in [6.45, 7) is 3.65. The first kappa shape index (κ1) is 17.6. The van der Waals surface area contributed by atoms with Gasteiger partial charge in [-0.1, -0.05) is 26.0 Å². The van der Waals surface area contributed by atoms with Crippen molar-refractivity contribution in [3.63, 3.8) is 0 Å². The number of amides is 2. The number of anilines is 1. The predicted octanol–water partition coefficient (Wildman–Crippen LogP) is -2.31. The fraction of sp³-hybridized carbons (Fsp3) is 0.333. The number of aliphatic carboxylic acids is 1. The van der Waals surface area contributed by atoms with E-state index < -0.39 is 18.5 Å². The number of hydrogen-bond acceptors (Lipinski definition) is 3. The van der Waals surface area contributed by atoms with Crippen LogP contribution in [0.3, 0.4) is 0 Å². The molecule has 2 amide bonds. The van der Waals surface area contributed by atoms with Gasteiger partial charge in [-0.05, 0) is 23.6 Å². The van der Waals surface area contributed by atoms with Gasteiger partial charge in [0.2, 0.25) is 0 Å². The van der Waals surface area contributed by atoms with Gasteiger partial charge in [-0.3, -0.25) is 0 Å². The Morgan fingerprint density at radius 2 is 1.78 bits per heavy atom. The fourth-order valence-electron chi connectivity index (χ4n) is 1.28. The van der Waals surface area contributed by atoms with E-state index in [-0.39, 0.29) is 51.4 Å². The van der Waals surface area contributed by atoms with Crippen molar-refractivity contribution < 1.29 is 66.1 Å². The van der Waals surface area contributed by atoms with Crippen molar-refractivity contribution in [1.82, 2.24) is 5.32 Å². The quantitative estimate of drug-likeness (QED) is 0.605. The number of benzene rings is 1. The molecule has 18 heavy (non-hydrogen) atoms. The van der Waals surface area contributed by atoms with E-state index in [4.69, 9.17) is 0 Å². The minimum absolute atomic E-state index is 0. The predicted molar refractivity (Wildman–Crippen MR) is 62.6 cm³/mol. The summed E-state index contributed by atoms with van der Waals surface area (Å²) < 4.78 is 0. The van der Waals surface area contributed by atoms with Crippen LogP contribution in [0.4, 0.5) is 10.5 Å². The molecule has 0 heterocycles. The number of urea groups is 1. The van der Waals surface area contributed by atoms with Crippen LogP contribution < -0.4 is 67.1 Å². The van der Waals surface area contributed by atoms with Crippen LogP contribution >= 0.6 is 0 Å². The topological polar surface area (TPSA) is 81.3 Å². The molecule has 0 saturated heterocycles. The molecule has 0 unspecified atom stereocenters. The molecular weight excluding hydrogens is 259 g/mol. The number of carboxylic acids is 1. The Morgan fingerprint density at radius 1 is 1.22 bits per heavy atom. The first-order valence-corrected chi connectivity index (χ1v) is 5.33. The molecule has 0 aliphatic heterocycles. The van der Waals surface area contributed by atoms with Crippen molar-refractivity contribution in [2.45, 2.75) is 19.8 Å². The summed E-state index contributed by atoms with van der Waals surface area (Å²) in [5.41, 5.74) is 1.79. The van der Waals surface area contributed by atoms with Gasteiger partial charge in [0.1, 0.15) is 0 Å². The molecule has 2 N–H and O–H groups in total. The second-order valence-corrected chi connectivity index (χ2v) is 3.96. The van der Waals surface area contributed by atoms with Gasteiger partial charge in [-0.25, -0.2) is 4.79 Å². The second kappa shape index (κ2) is 8.66. The van der Waals surface area contributed by atoms with Crippen molar-refractivity contribution >= 4 is 17.7 Å². The standard InChI is InChI=1S/C12H16N2O3.K/c1-8(2)9-3-5-10(6-4-9)14-12(17)13-7-11(15)16;/h3-6,8H,7H2,1-2H3,(H,15,16)(H2,13,14,17);/q;+1/p-1. The molecule has 1 aromatic carbocycles. The van der Waals surface area contributed by atoms with E-state index in [2.05, 4.69) is 24.5 Å². The summed E-state index contributed by atoms with van der Waals surface area (Å²) in [6, 6.07) is 6.81. The zero-order valence-corrected chi connectivity index (χ0v) is 13.9. The molecule has 0 atom stereocenters. The summed E-state index contributed by atoms with van der Waals surface area (Å²) in [5.74, 6) is -0.897. The van der Waals surface area contributed by atoms with Gasteiger partial charge in [0, 0.05) is 5.69 Å². The van der Waals surface area contributed by atoms with Crippen LogP contribution in [-0.4, -0.2) is 18.5 Å². The van der Waals surface area contributed by atoms with Crippen LogP contribution in [0.2, 0.25) is 0 Å². The number of carbonyl (C=O) groups excluding carboxylic acids is 2. The van der Waals surface area contributed by atoms with Gasteiger partial charge >= 0.3 is 57.4 Å². The van der Waals surface area contributed by atoms with Crippen LogP contribution in [0.1, 0.15) is 25.3 Å². The zero-order valence-electron chi connectivity index (χ0n) is 10.8. The average Bonchev–Trinajstić information content (AvgIpc) is 2.27. The molecule has 1 aromatic rings. The summed E-state index contributed by atoms with van der Waals surface area (Å²) in [4.78, 5) is 21.3. The Bertz CT molecular complexity index is 404. The second-order valence-electron chi connectivity index (χ2n) is 3.96. The van der Waals surface area contributed by atoms with Crippen molar-refractivity contribution in [2.75, 3.05) is 11.9 Å². The fourth-order valence-corrected chi connectivity index (χ4v) is 1.28. The van der Waals surface area contributed by atoms with Crippen LogP contribution in [-0.2, 0) is 4.79 Å². The van der Waals surface area contributed by atoms with Gasteiger partial charge in [0.05, 0.1) is 12.5 Å². The average molecular weight is 274 g/mol. The van der Waals surface area contributed by atoms with Gasteiger partial charge in [-0.2, -0.15) is 0 Å². The first-order valence-electron chi connectivity index (χ1n) is 5.33. The van der Waals surface area contributed by atoms with E-state index in [1.54, 1.807) is 12.1 Å².